The third-order valence-corrected chi connectivity index (χ3v) is 6.47. The molecular formula is C27H48O2. The van der Waals surface area contributed by atoms with Crippen LogP contribution in [-0.4, -0.2) is 10.2 Å². The fraction of sp³-hybridized carbons (Fsp3) is 0.778. The minimum Gasteiger partial charge on any atom is -0.508 e. The molecule has 29 heavy (non-hydrogen) atoms. The summed E-state index contributed by atoms with van der Waals surface area (Å²) in [6, 6.07) is 1.93. The van der Waals surface area contributed by atoms with E-state index in [1.807, 2.05) is 6.07 Å². The van der Waals surface area contributed by atoms with E-state index in [0.717, 1.165) is 93.7 Å². The summed E-state index contributed by atoms with van der Waals surface area (Å²) in [5.74, 6) is 1.96. The van der Waals surface area contributed by atoms with Crippen molar-refractivity contribution in [1.29, 1.82) is 0 Å². The molecule has 0 spiro atoms. The largest absolute Gasteiger partial charge is 0.508 e. The minimum absolute atomic E-state index is 0.336. The number of phenolic OH excluding ortho intramolecular Hbond substituents is 2. The summed E-state index contributed by atoms with van der Waals surface area (Å²) in [6.45, 7) is 13.3. The van der Waals surface area contributed by atoms with E-state index in [-0.39, 0.29) is 0 Å². The van der Waals surface area contributed by atoms with E-state index in [9.17, 15) is 10.2 Å². The van der Waals surface area contributed by atoms with Crippen LogP contribution in [0.2, 0.25) is 0 Å². The van der Waals surface area contributed by atoms with Gasteiger partial charge in [-0.3, -0.25) is 0 Å². The molecule has 0 aliphatic carbocycles. The Morgan fingerprint density at radius 3 is 1.28 bits per heavy atom. The van der Waals surface area contributed by atoms with Gasteiger partial charge in [-0.25, -0.2) is 0 Å². The van der Waals surface area contributed by atoms with E-state index in [1.165, 1.54) is 0 Å². The maximum Gasteiger partial charge on any atom is 0.123 e. The zero-order valence-electron chi connectivity index (χ0n) is 20.2. The lowest BCUT2D eigenvalue weighted by Crippen LogP contribution is -2.11. The zero-order valence-corrected chi connectivity index (χ0v) is 20.2. The molecule has 1 rings (SSSR count). The van der Waals surface area contributed by atoms with E-state index in [4.69, 9.17) is 0 Å². The summed E-state index contributed by atoms with van der Waals surface area (Å²) in [5.41, 5.74) is 3.15. The molecular weight excluding hydrogens is 356 g/mol. The molecule has 1 aromatic carbocycles. The molecule has 0 unspecified atom stereocenters. The van der Waals surface area contributed by atoms with E-state index in [0.29, 0.717) is 29.3 Å². The fourth-order valence-corrected chi connectivity index (χ4v) is 5.28. The van der Waals surface area contributed by atoms with Gasteiger partial charge in [0.2, 0.25) is 0 Å². The summed E-state index contributed by atoms with van der Waals surface area (Å²) in [7, 11) is 0. The number of aromatic hydroxyl groups is 2. The zero-order chi connectivity index (χ0) is 21.8. The number of rotatable bonds is 15. The van der Waals surface area contributed by atoms with E-state index in [2.05, 4.69) is 41.5 Å². The van der Waals surface area contributed by atoms with Crippen LogP contribution in [0.25, 0.3) is 0 Å². The third-order valence-electron chi connectivity index (χ3n) is 6.47. The lowest BCUT2D eigenvalue weighted by Gasteiger charge is -2.30. The van der Waals surface area contributed by atoms with Gasteiger partial charge < -0.3 is 10.2 Å². The van der Waals surface area contributed by atoms with Gasteiger partial charge in [0, 0.05) is 16.7 Å². The molecule has 2 heteroatoms. The van der Waals surface area contributed by atoms with E-state index in [1.54, 1.807) is 0 Å². The van der Waals surface area contributed by atoms with E-state index >= 15 is 0 Å². The van der Waals surface area contributed by atoms with Crippen molar-refractivity contribution < 1.29 is 10.2 Å². The molecule has 0 amide bonds. The quantitative estimate of drug-likeness (QED) is 0.286. The minimum atomic E-state index is 0.336. The van der Waals surface area contributed by atoms with Crippen LogP contribution in [0.3, 0.4) is 0 Å². The summed E-state index contributed by atoms with van der Waals surface area (Å²) in [6.07, 6.45) is 13.1. The maximum atomic E-state index is 11.6. The smallest absolute Gasteiger partial charge is 0.123 e. The molecule has 0 fully saturated rings. The Labute approximate surface area is 181 Å². The predicted octanol–water partition coefficient (Wildman–Crippen LogP) is 9.15. The van der Waals surface area contributed by atoms with Crippen LogP contribution >= 0.6 is 0 Å². The Hall–Kier alpha value is -1.18. The second-order valence-corrected chi connectivity index (χ2v) is 8.98. The van der Waals surface area contributed by atoms with Crippen molar-refractivity contribution >= 4 is 0 Å². The maximum absolute atomic E-state index is 11.6. The van der Waals surface area contributed by atoms with Gasteiger partial charge in [-0.1, -0.05) is 80.1 Å². The predicted molar refractivity (Wildman–Crippen MR) is 127 cm³/mol. The van der Waals surface area contributed by atoms with E-state index < -0.39 is 0 Å². The van der Waals surface area contributed by atoms with Crippen LogP contribution in [0.4, 0.5) is 0 Å². The molecule has 1 aromatic rings. The standard InChI is InChI=1S/C27H48O2/c1-7-13-20(14-8-2)23-19-24(28)25(21(15-9-3)16-10-4)26(27(23)29)22(17-11-5)18-12-6/h19-22,28-29H,7-18H2,1-6H3. The second kappa shape index (κ2) is 13.9. The van der Waals surface area contributed by atoms with Crippen molar-refractivity contribution in [2.45, 2.75) is 136 Å². The van der Waals surface area contributed by atoms with Crippen molar-refractivity contribution in [2.24, 2.45) is 0 Å². The average molecular weight is 405 g/mol. The fourth-order valence-electron chi connectivity index (χ4n) is 5.28. The number of hydrogen-bond donors (Lipinski definition) is 2. The molecule has 2 N–H and O–H groups in total. The molecule has 2 nitrogen and oxygen atoms in total. The Balaban J connectivity index is 3.71. The third kappa shape index (κ3) is 6.93. The highest BCUT2D eigenvalue weighted by Gasteiger charge is 2.29. The highest BCUT2D eigenvalue weighted by Crippen LogP contribution is 2.49. The van der Waals surface area contributed by atoms with Crippen LogP contribution < -0.4 is 0 Å². The summed E-state index contributed by atoms with van der Waals surface area (Å²) < 4.78 is 0. The normalized spacial score (nSPS) is 11.9. The molecule has 0 saturated carbocycles. The van der Waals surface area contributed by atoms with Crippen molar-refractivity contribution in [3.8, 4) is 11.5 Å². The van der Waals surface area contributed by atoms with Crippen LogP contribution in [0.5, 0.6) is 11.5 Å². The van der Waals surface area contributed by atoms with Crippen molar-refractivity contribution in [3.63, 3.8) is 0 Å². The molecule has 0 aromatic heterocycles. The second-order valence-electron chi connectivity index (χ2n) is 8.98. The Morgan fingerprint density at radius 2 is 0.897 bits per heavy atom. The molecule has 0 aliphatic heterocycles. The van der Waals surface area contributed by atoms with Gasteiger partial charge in [-0.05, 0) is 62.3 Å². The number of hydrogen-bond acceptors (Lipinski definition) is 2. The summed E-state index contributed by atoms with van der Waals surface area (Å²) >= 11 is 0. The molecule has 0 bridgehead atoms. The Bertz CT molecular complexity index is 560. The Kier molecular flexibility index (Phi) is 12.4. The van der Waals surface area contributed by atoms with Crippen molar-refractivity contribution in [1.82, 2.24) is 0 Å². The monoisotopic (exact) mass is 404 g/mol. The van der Waals surface area contributed by atoms with Gasteiger partial charge >= 0.3 is 0 Å². The molecule has 0 heterocycles. The van der Waals surface area contributed by atoms with Crippen molar-refractivity contribution in [3.05, 3.63) is 22.8 Å². The van der Waals surface area contributed by atoms with Crippen molar-refractivity contribution in [2.75, 3.05) is 0 Å². The van der Waals surface area contributed by atoms with Gasteiger partial charge in [-0.15, -0.1) is 0 Å². The molecule has 0 radical (unpaired) electrons. The first-order valence-corrected chi connectivity index (χ1v) is 12.6. The molecule has 0 saturated heterocycles. The van der Waals surface area contributed by atoms with Crippen LogP contribution in [0.1, 0.15) is 153 Å². The first-order valence-electron chi connectivity index (χ1n) is 12.6. The molecule has 168 valence electrons. The van der Waals surface area contributed by atoms with Crippen LogP contribution in [-0.2, 0) is 0 Å². The Morgan fingerprint density at radius 1 is 0.552 bits per heavy atom. The first kappa shape index (κ1) is 25.9. The average Bonchev–Trinajstić information content (AvgIpc) is 2.69. The van der Waals surface area contributed by atoms with Gasteiger partial charge in [-0.2, -0.15) is 0 Å². The van der Waals surface area contributed by atoms with Gasteiger partial charge in [0.05, 0.1) is 0 Å². The topological polar surface area (TPSA) is 40.5 Å². The number of benzene rings is 1. The van der Waals surface area contributed by atoms with Crippen LogP contribution in [0.15, 0.2) is 6.07 Å². The SMILES string of the molecule is CCCC(CCC)c1cc(O)c(C(CCC)CCC)c(C(CCC)CCC)c1O. The van der Waals surface area contributed by atoms with Gasteiger partial charge in [0.15, 0.2) is 0 Å². The highest BCUT2D eigenvalue weighted by atomic mass is 16.3. The lowest BCUT2D eigenvalue weighted by atomic mass is 9.76. The van der Waals surface area contributed by atoms with Crippen LogP contribution in [0, 0.1) is 0 Å². The molecule has 0 atom stereocenters. The number of phenols is 2. The summed E-state index contributed by atoms with van der Waals surface area (Å²) in [5, 5.41) is 22.9. The molecule has 0 aliphatic rings. The summed E-state index contributed by atoms with van der Waals surface area (Å²) in [4.78, 5) is 0. The lowest BCUT2D eigenvalue weighted by molar-refractivity contribution is 0.405. The van der Waals surface area contributed by atoms with Gasteiger partial charge in [0.25, 0.3) is 0 Å². The highest BCUT2D eigenvalue weighted by molar-refractivity contribution is 5.57. The van der Waals surface area contributed by atoms with Gasteiger partial charge in [0.1, 0.15) is 11.5 Å². The first-order chi connectivity index (χ1) is 14.0.